The molecule has 0 aliphatic carbocycles. The van der Waals surface area contributed by atoms with Crippen LogP contribution >= 0.6 is 0 Å². The van der Waals surface area contributed by atoms with Gasteiger partial charge in [-0.1, -0.05) is 0 Å². The van der Waals surface area contributed by atoms with Gasteiger partial charge in [0.25, 0.3) is 0 Å². The number of rotatable bonds is 3. The Labute approximate surface area is 87.8 Å². The fourth-order valence-corrected chi connectivity index (χ4v) is 2.02. The molecule has 14 heavy (non-hydrogen) atoms. The predicted molar refractivity (Wildman–Crippen MR) is 59.6 cm³/mol. The van der Waals surface area contributed by atoms with Crippen molar-refractivity contribution in [2.75, 3.05) is 20.2 Å². The van der Waals surface area contributed by atoms with Crippen molar-refractivity contribution in [1.29, 1.82) is 0 Å². The molecule has 0 bridgehead atoms. The summed E-state index contributed by atoms with van der Waals surface area (Å²) in [5.41, 5.74) is 0. The quantitative estimate of drug-likeness (QED) is 0.738. The predicted octanol–water partition coefficient (Wildman–Crippen LogP) is 1.09. The van der Waals surface area contributed by atoms with Gasteiger partial charge in [0, 0.05) is 24.7 Å². The zero-order valence-corrected chi connectivity index (χ0v) is 10.1. The van der Waals surface area contributed by atoms with Crippen LogP contribution < -0.4 is 5.32 Å². The van der Waals surface area contributed by atoms with E-state index >= 15 is 0 Å². The first-order valence-corrected chi connectivity index (χ1v) is 5.60. The van der Waals surface area contributed by atoms with E-state index in [9.17, 15) is 0 Å². The van der Waals surface area contributed by atoms with Gasteiger partial charge in [-0.3, -0.25) is 4.90 Å². The van der Waals surface area contributed by atoms with E-state index in [4.69, 9.17) is 4.74 Å². The normalized spacial score (nSPS) is 34.1. The molecule has 1 aliphatic heterocycles. The van der Waals surface area contributed by atoms with Crippen LogP contribution in [0, 0.1) is 0 Å². The van der Waals surface area contributed by atoms with Gasteiger partial charge in [0.05, 0.1) is 12.7 Å². The van der Waals surface area contributed by atoms with Crippen molar-refractivity contribution in [1.82, 2.24) is 10.2 Å². The Morgan fingerprint density at radius 1 is 1.36 bits per heavy atom. The van der Waals surface area contributed by atoms with Gasteiger partial charge >= 0.3 is 0 Å². The van der Waals surface area contributed by atoms with Crippen LogP contribution in [0.3, 0.4) is 0 Å². The molecule has 4 unspecified atom stereocenters. The number of morpholine rings is 1. The van der Waals surface area contributed by atoms with Gasteiger partial charge < -0.3 is 10.1 Å². The zero-order valence-electron chi connectivity index (χ0n) is 10.1. The van der Waals surface area contributed by atoms with E-state index in [0.717, 1.165) is 13.2 Å². The molecule has 0 amide bonds. The highest BCUT2D eigenvalue weighted by molar-refractivity contribution is 4.84. The molecular formula is C11H24N2O. The molecule has 0 spiro atoms. The Hall–Kier alpha value is -0.120. The Morgan fingerprint density at radius 2 is 2.00 bits per heavy atom. The van der Waals surface area contributed by atoms with E-state index in [-0.39, 0.29) is 0 Å². The molecule has 4 atom stereocenters. The molecule has 0 aromatic heterocycles. The standard InChI is InChI=1S/C11H24N2O/c1-8-7-14-9(2)6-13(8)11(4)10(3)12-5/h8-12H,6-7H2,1-5H3. The van der Waals surface area contributed by atoms with Crippen LogP contribution in [-0.4, -0.2) is 49.3 Å². The van der Waals surface area contributed by atoms with E-state index in [1.54, 1.807) is 0 Å². The molecule has 0 radical (unpaired) electrons. The highest BCUT2D eigenvalue weighted by Gasteiger charge is 2.29. The lowest BCUT2D eigenvalue weighted by molar-refractivity contribution is -0.0672. The average molecular weight is 200 g/mol. The van der Waals surface area contributed by atoms with Crippen molar-refractivity contribution >= 4 is 0 Å². The SMILES string of the molecule is CNC(C)C(C)N1CC(C)OCC1C. The summed E-state index contributed by atoms with van der Waals surface area (Å²) in [6.45, 7) is 10.8. The second-order valence-corrected chi connectivity index (χ2v) is 4.51. The summed E-state index contributed by atoms with van der Waals surface area (Å²) in [6, 6.07) is 1.64. The maximum Gasteiger partial charge on any atom is 0.0674 e. The molecule has 1 rings (SSSR count). The Bertz CT molecular complexity index is 175. The largest absolute Gasteiger partial charge is 0.376 e. The average Bonchev–Trinajstić information content (AvgIpc) is 2.19. The third kappa shape index (κ3) is 2.69. The van der Waals surface area contributed by atoms with Crippen molar-refractivity contribution in [3.63, 3.8) is 0 Å². The van der Waals surface area contributed by atoms with Gasteiger partial charge in [0.15, 0.2) is 0 Å². The molecule has 0 aromatic carbocycles. The van der Waals surface area contributed by atoms with Crippen LogP contribution in [0.1, 0.15) is 27.7 Å². The molecule has 1 saturated heterocycles. The third-order valence-electron chi connectivity index (χ3n) is 3.36. The summed E-state index contributed by atoms with van der Waals surface area (Å²) in [4.78, 5) is 2.54. The number of nitrogens with zero attached hydrogens (tertiary/aromatic N) is 1. The minimum absolute atomic E-state index is 0.373. The van der Waals surface area contributed by atoms with Crippen LogP contribution in [0.5, 0.6) is 0 Å². The maximum atomic E-state index is 5.62. The minimum Gasteiger partial charge on any atom is -0.376 e. The van der Waals surface area contributed by atoms with Gasteiger partial charge in [-0.15, -0.1) is 0 Å². The van der Waals surface area contributed by atoms with Crippen LogP contribution in [0.15, 0.2) is 0 Å². The lowest BCUT2D eigenvalue weighted by Gasteiger charge is -2.42. The fourth-order valence-electron chi connectivity index (χ4n) is 2.02. The molecule has 3 nitrogen and oxygen atoms in total. The molecule has 1 heterocycles. The number of nitrogens with one attached hydrogen (secondary N) is 1. The Morgan fingerprint density at radius 3 is 2.57 bits per heavy atom. The van der Waals surface area contributed by atoms with Crippen LogP contribution in [0.25, 0.3) is 0 Å². The number of likely N-dealkylation sites (N-methyl/N-ethyl adjacent to an activating group) is 1. The second-order valence-electron chi connectivity index (χ2n) is 4.51. The van der Waals surface area contributed by atoms with E-state index in [0.29, 0.717) is 24.2 Å². The third-order valence-corrected chi connectivity index (χ3v) is 3.36. The molecule has 3 heteroatoms. The Kier molecular flexibility index (Phi) is 4.35. The van der Waals surface area contributed by atoms with Crippen molar-refractivity contribution in [2.45, 2.75) is 51.9 Å². The van der Waals surface area contributed by atoms with Gasteiger partial charge in [0.2, 0.25) is 0 Å². The molecular weight excluding hydrogens is 176 g/mol. The molecule has 1 fully saturated rings. The van der Waals surface area contributed by atoms with Crippen molar-refractivity contribution in [2.24, 2.45) is 0 Å². The minimum atomic E-state index is 0.373. The summed E-state index contributed by atoms with van der Waals surface area (Å²) in [6.07, 6.45) is 0.373. The maximum absolute atomic E-state index is 5.62. The van der Waals surface area contributed by atoms with Gasteiger partial charge in [0.1, 0.15) is 0 Å². The van der Waals surface area contributed by atoms with E-state index in [1.165, 1.54) is 0 Å². The molecule has 1 aliphatic rings. The van der Waals surface area contributed by atoms with Gasteiger partial charge in [-0.05, 0) is 34.7 Å². The summed E-state index contributed by atoms with van der Waals surface area (Å²) >= 11 is 0. The lowest BCUT2D eigenvalue weighted by Crippen LogP contribution is -2.56. The lowest BCUT2D eigenvalue weighted by atomic mass is 10.1. The summed E-state index contributed by atoms with van der Waals surface area (Å²) in [7, 11) is 2.02. The monoisotopic (exact) mass is 200 g/mol. The summed E-state index contributed by atoms with van der Waals surface area (Å²) < 4.78 is 5.62. The summed E-state index contributed by atoms with van der Waals surface area (Å²) in [5, 5.41) is 3.31. The van der Waals surface area contributed by atoms with E-state index in [1.807, 2.05) is 7.05 Å². The van der Waals surface area contributed by atoms with Gasteiger partial charge in [-0.25, -0.2) is 0 Å². The molecule has 0 saturated carbocycles. The van der Waals surface area contributed by atoms with Crippen molar-refractivity contribution in [3.05, 3.63) is 0 Å². The highest BCUT2D eigenvalue weighted by Crippen LogP contribution is 2.16. The first-order valence-electron chi connectivity index (χ1n) is 5.60. The van der Waals surface area contributed by atoms with Crippen LogP contribution in [-0.2, 0) is 4.74 Å². The number of hydrogen-bond donors (Lipinski definition) is 1. The smallest absolute Gasteiger partial charge is 0.0674 e. The van der Waals surface area contributed by atoms with Crippen LogP contribution in [0.2, 0.25) is 0 Å². The first-order chi connectivity index (χ1) is 6.56. The Balaban J connectivity index is 2.55. The highest BCUT2D eigenvalue weighted by atomic mass is 16.5. The summed E-state index contributed by atoms with van der Waals surface area (Å²) in [5.74, 6) is 0. The zero-order chi connectivity index (χ0) is 10.7. The number of hydrogen-bond acceptors (Lipinski definition) is 3. The fraction of sp³-hybridized carbons (Fsp3) is 1.00. The van der Waals surface area contributed by atoms with E-state index in [2.05, 4.69) is 37.9 Å². The van der Waals surface area contributed by atoms with Crippen molar-refractivity contribution < 1.29 is 4.74 Å². The number of ether oxygens (including phenoxy) is 1. The second kappa shape index (κ2) is 5.10. The topological polar surface area (TPSA) is 24.5 Å². The first kappa shape index (κ1) is 12.0. The molecule has 0 aromatic rings. The van der Waals surface area contributed by atoms with Crippen LogP contribution in [0.4, 0.5) is 0 Å². The van der Waals surface area contributed by atoms with E-state index < -0.39 is 0 Å². The van der Waals surface area contributed by atoms with Gasteiger partial charge in [-0.2, -0.15) is 0 Å². The van der Waals surface area contributed by atoms with Crippen molar-refractivity contribution in [3.8, 4) is 0 Å². The molecule has 1 N–H and O–H groups in total. The molecule has 84 valence electrons.